The molecule has 98 valence electrons. The van der Waals surface area contributed by atoms with Crippen molar-refractivity contribution in [2.75, 3.05) is 11.1 Å². The summed E-state index contributed by atoms with van der Waals surface area (Å²) in [6.07, 6.45) is 0. The zero-order valence-electron chi connectivity index (χ0n) is 9.65. The highest BCUT2D eigenvalue weighted by atomic mass is 35.5. The molecule has 4 N–H and O–H groups in total. The molecule has 6 heteroatoms. The zero-order valence-corrected chi connectivity index (χ0v) is 11.2. The monoisotopic (exact) mass is 296 g/mol. The van der Waals surface area contributed by atoms with Crippen LogP contribution in [0, 0.1) is 0 Å². The third-order valence-electron chi connectivity index (χ3n) is 2.46. The molecule has 0 aliphatic rings. The normalized spacial score (nSPS) is 10.2. The summed E-state index contributed by atoms with van der Waals surface area (Å²) in [5.74, 6) is -0.525. The SMILES string of the molecule is Nc1ccc(Cl)cc1NC(=O)c1cc(O)ccc1Cl. The lowest BCUT2D eigenvalue weighted by molar-refractivity contribution is 0.102. The third kappa shape index (κ3) is 3.10. The molecule has 2 aromatic rings. The molecule has 0 spiro atoms. The number of carbonyl (C=O) groups excluding carboxylic acids is 1. The molecule has 2 rings (SSSR count). The molecule has 0 radical (unpaired) electrons. The van der Waals surface area contributed by atoms with Gasteiger partial charge in [0.1, 0.15) is 5.75 Å². The molecule has 19 heavy (non-hydrogen) atoms. The lowest BCUT2D eigenvalue weighted by atomic mass is 10.2. The van der Waals surface area contributed by atoms with E-state index in [9.17, 15) is 9.90 Å². The molecule has 0 aromatic heterocycles. The average Bonchev–Trinajstić information content (AvgIpc) is 2.36. The van der Waals surface area contributed by atoms with Crippen molar-refractivity contribution in [3.63, 3.8) is 0 Å². The lowest BCUT2D eigenvalue weighted by Crippen LogP contribution is -2.13. The molecular weight excluding hydrogens is 287 g/mol. The summed E-state index contributed by atoms with van der Waals surface area (Å²) in [4.78, 5) is 12.0. The Morgan fingerprint density at radius 1 is 1.16 bits per heavy atom. The summed E-state index contributed by atoms with van der Waals surface area (Å²) in [5, 5.41) is 12.6. The Morgan fingerprint density at radius 3 is 2.63 bits per heavy atom. The second-order valence-corrected chi connectivity index (χ2v) is 4.69. The molecule has 0 saturated carbocycles. The number of anilines is 2. The fourth-order valence-corrected chi connectivity index (χ4v) is 1.89. The minimum atomic E-state index is -0.477. The van der Waals surface area contributed by atoms with Gasteiger partial charge in [0.25, 0.3) is 5.91 Å². The van der Waals surface area contributed by atoms with Crippen LogP contribution >= 0.6 is 23.2 Å². The lowest BCUT2D eigenvalue weighted by Gasteiger charge is -2.09. The average molecular weight is 297 g/mol. The van der Waals surface area contributed by atoms with Crippen molar-refractivity contribution >= 4 is 40.5 Å². The van der Waals surface area contributed by atoms with Crippen molar-refractivity contribution in [2.45, 2.75) is 0 Å². The summed E-state index contributed by atoms with van der Waals surface area (Å²) >= 11 is 11.7. The minimum Gasteiger partial charge on any atom is -0.508 e. The van der Waals surface area contributed by atoms with Crippen molar-refractivity contribution in [2.24, 2.45) is 0 Å². The van der Waals surface area contributed by atoms with E-state index in [0.29, 0.717) is 16.4 Å². The van der Waals surface area contributed by atoms with E-state index >= 15 is 0 Å². The van der Waals surface area contributed by atoms with Gasteiger partial charge in [-0.1, -0.05) is 23.2 Å². The number of phenolic OH excluding ortho intramolecular Hbond substituents is 1. The number of amides is 1. The van der Waals surface area contributed by atoms with E-state index in [-0.39, 0.29) is 16.3 Å². The Kier molecular flexibility index (Phi) is 3.83. The first-order valence-corrected chi connectivity index (χ1v) is 6.08. The minimum absolute atomic E-state index is 0.0476. The van der Waals surface area contributed by atoms with Crippen LogP contribution in [0.1, 0.15) is 10.4 Å². The van der Waals surface area contributed by atoms with Gasteiger partial charge in [0.2, 0.25) is 0 Å². The third-order valence-corrected chi connectivity index (χ3v) is 3.02. The molecule has 4 nitrogen and oxygen atoms in total. The van der Waals surface area contributed by atoms with Gasteiger partial charge in [-0.15, -0.1) is 0 Å². The van der Waals surface area contributed by atoms with E-state index in [1.54, 1.807) is 12.1 Å². The number of nitrogen functional groups attached to an aromatic ring is 1. The highest BCUT2D eigenvalue weighted by Crippen LogP contribution is 2.26. The molecule has 0 unspecified atom stereocenters. The number of halogens is 2. The fourth-order valence-electron chi connectivity index (χ4n) is 1.51. The first kappa shape index (κ1) is 13.5. The van der Waals surface area contributed by atoms with Crippen LogP contribution in [0.2, 0.25) is 10.0 Å². The van der Waals surface area contributed by atoms with E-state index < -0.39 is 5.91 Å². The highest BCUT2D eigenvalue weighted by molar-refractivity contribution is 6.34. The number of nitrogens with two attached hydrogens (primary N) is 1. The number of hydrogen-bond acceptors (Lipinski definition) is 3. The van der Waals surface area contributed by atoms with Gasteiger partial charge in [-0.2, -0.15) is 0 Å². The number of phenols is 1. The Bertz CT molecular complexity index is 645. The molecule has 0 aliphatic carbocycles. The predicted octanol–water partition coefficient (Wildman–Crippen LogP) is 3.53. The standard InChI is InChI=1S/C13H10Cl2N2O2/c14-7-1-4-11(16)12(5-7)17-13(19)9-6-8(18)2-3-10(9)15/h1-6,18H,16H2,(H,17,19). The van der Waals surface area contributed by atoms with Crippen molar-refractivity contribution in [3.05, 3.63) is 52.0 Å². The van der Waals surface area contributed by atoms with Crippen molar-refractivity contribution in [1.82, 2.24) is 0 Å². The maximum Gasteiger partial charge on any atom is 0.257 e. The Labute approximate surface area is 119 Å². The van der Waals surface area contributed by atoms with Crippen LogP contribution in [-0.4, -0.2) is 11.0 Å². The Hall–Kier alpha value is -1.91. The molecule has 0 fully saturated rings. The topological polar surface area (TPSA) is 75.3 Å². The second kappa shape index (κ2) is 5.38. The summed E-state index contributed by atoms with van der Waals surface area (Å²) in [6, 6.07) is 8.85. The van der Waals surface area contributed by atoms with E-state index in [1.807, 2.05) is 0 Å². The first-order valence-electron chi connectivity index (χ1n) is 5.32. The van der Waals surface area contributed by atoms with Crippen LogP contribution in [0.3, 0.4) is 0 Å². The van der Waals surface area contributed by atoms with Crippen LogP contribution < -0.4 is 11.1 Å². The molecule has 0 bridgehead atoms. The van der Waals surface area contributed by atoms with Crippen molar-refractivity contribution in [1.29, 1.82) is 0 Å². The van der Waals surface area contributed by atoms with Gasteiger partial charge in [-0.05, 0) is 36.4 Å². The number of benzene rings is 2. The van der Waals surface area contributed by atoms with E-state index in [2.05, 4.69) is 5.32 Å². The van der Waals surface area contributed by atoms with Gasteiger partial charge in [0, 0.05) is 5.02 Å². The van der Waals surface area contributed by atoms with Gasteiger partial charge in [-0.3, -0.25) is 4.79 Å². The van der Waals surface area contributed by atoms with E-state index in [1.165, 1.54) is 24.3 Å². The van der Waals surface area contributed by atoms with E-state index in [4.69, 9.17) is 28.9 Å². The summed E-state index contributed by atoms with van der Waals surface area (Å²) < 4.78 is 0. The van der Waals surface area contributed by atoms with Crippen LogP contribution in [0.15, 0.2) is 36.4 Å². The second-order valence-electron chi connectivity index (χ2n) is 3.85. The number of aromatic hydroxyl groups is 1. The number of carbonyl (C=O) groups is 1. The van der Waals surface area contributed by atoms with Gasteiger partial charge < -0.3 is 16.2 Å². The van der Waals surface area contributed by atoms with Gasteiger partial charge in [-0.25, -0.2) is 0 Å². The van der Waals surface area contributed by atoms with Crippen LogP contribution in [0.25, 0.3) is 0 Å². The number of hydrogen-bond donors (Lipinski definition) is 3. The number of rotatable bonds is 2. The van der Waals surface area contributed by atoms with Gasteiger partial charge >= 0.3 is 0 Å². The van der Waals surface area contributed by atoms with Crippen molar-refractivity contribution < 1.29 is 9.90 Å². The number of nitrogens with one attached hydrogen (secondary N) is 1. The molecule has 0 atom stereocenters. The van der Waals surface area contributed by atoms with Crippen LogP contribution in [0.5, 0.6) is 5.75 Å². The maximum absolute atomic E-state index is 12.0. The van der Waals surface area contributed by atoms with Crippen LogP contribution in [0.4, 0.5) is 11.4 Å². The molecule has 0 aliphatic heterocycles. The molecule has 1 amide bonds. The fraction of sp³-hybridized carbons (Fsp3) is 0. The summed E-state index contributed by atoms with van der Waals surface area (Å²) in [6.45, 7) is 0. The largest absolute Gasteiger partial charge is 0.508 e. The summed E-state index contributed by atoms with van der Waals surface area (Å²) in [7, 11) is 0. The molecule has 2 aromatic carbocycles. The smallest absolute Gasteiger partial charge is 0.257 e. The zero-order chi connectivity index (χ0) is 14.0. The predicted molar refractivity (Wildman–Crippen MR) is 76.9 cm³/mol. The maximum atomic E-state index is 12.0. The van der Waals surface area contributed by atoms with Gasteiger partial charge in [0.05, 0.1) is 22.0 Å². The van der Waals surface area contributed by atoms with Crippen LogP contribution in [-0.2, 0) is 0 Å². The molecular formula is C13H10Cl2N2O2. The molecule has 0 saturated heterocycles. The van der Waals surface area contributed by atoms with E-state index in [0.717, 1.165) is 0 Å². The van der Waals surface area contributed by atoms with Gasteiger partial charge in [0.15, 0.2) is 0 Å². The molecule has 0 heterocycles. The Morgan fingerprint density at radius 2 is 1.89 bits per heavy atom. The summed E-state index contributed by atoms with van der Waals surface area (Å²) in [5.41, 5.74) is 6.65. The quantitative estimate of drug-likeness (QED) is 0.742. The highest BCUT2D eigenvalue weighted by Gasteiger charge is 2.13. The first-order chi connectivity index (χ1) is 8.97. The Balaban J connectivity index is 2.30. The van der Waals surface area contributed by atoms with Crippen molar-refractivity contribution in [3.8, 4) is 5.75 Å².